The largest absolute Gasteiger partial charge is 0.493 e. The summed E-state index contributed by atoms with van der Waals surface area (Å²) < 4.78 is 74.4. The number of hydrogen-bond acceptors (Lipinski definition) is 4. The maximum absolute atomic E-state index is 15.0. The second-order valence-corrected chi connectivity index (χ2v) is 9.84. The van der Waals surface area contributed by atoms with Crippen LogP contribution in [0.4, 0.5) is 24.5 Å². The van der Waals surface area contributed by atoms with E-state index < -0.39 is 27.5 Å². The Labute approximate surface area is 203 Å². The molecule has 1 N–H and O–H groups in total. The molecular formula is C26H27F3N2O3S. The molecule has 0 saturated carbocycles. The highest BCUT2D eigenvalue weighted by Gasteiger charge is 2.18. The van der Waals surface area contributed by atoms with Crippen molar-refractivity contribution in [2.75, 3.05) is 22.5 Å². The van der Waals surface area contributed by atoms with Gasteiger partial charge in [-0.25, -0.2) is 21.6 Å². The van der Waals surface area contributed by atoms with Crippen LogP contribution in [0.25, 0.3) is 0 Å². The molecule has 0 fully saturated rings. The van der Waals surface area contributed by atoms with Crippen LogP contribution in [0.3, 0.4) is 0 Å². The Balaban J connectivity index is 1.98. The summed E-state index contributed by atoms with van der Waals surface area (Å²) >= 11 is 0. The molecule has 0 unspecified atom stereocenters. The highest BCUT2D eigenvalue weighted by molar-refractivity contribution is 7.92. The summed E-state index contributed by atoms with van der Waals surface area (Å²) in [5.74, 6) is -1.57. The van der Waals surface area contributed by atoms with Gasteiger partial charge in [-0.1, -0.05) is 24.3 Å². The third kappa shape index (κ3) is 7.26. The second kappa shape index (κ2) is 11.3. The van der Waals surface area contributed by atoms with E-state index >= 15 is 0 Å². The fraction of sp³-hybridized carbons (Fsp3) is 0.231. The Morgan fingerprint density at radius 3 is 2.26 bits per heavy atom. The number of rotatable bonds is 11. The summed E-state index contributed by atoms with van der Waals surface area (Å²) in [6.45, 7) is 5.74. The second-order valence-electron chi connectivity index (χ2n) is 8.09. The predicted molar refractivity (Wildman–Crippen MR) is 133 cm³/mol. The first-order chi connectivity index (χ1) is 16.6. The molecule has 0 atom stereocenters. The zero-order valence-electron chi connectivity index (χ0n) is 19.5. The third-order valence-corrected chi connectivity index (χ3v) is 5.88. The molecule has 186 valence electrons. The lowest BCUT2D eigenvalue weighted by atomic mass is 10.1. The number of sulfonamides is 1. The molecule has 0 radical (unpaired) electrons. The van der Waals surface area contributed by atoms with E-state index in [0.29, 0.717) is 41.3 Å². The first-order valence-electron chi connectivity index (χ1n) is 10.9. The number of nitrogens with one attached hydrogen (secondary N) is 1. The normalized spacial score (nSPS) is 11.2. The molecule has 0 aliphatic heterocycles. The Hall–Kier alpha value is -3.46. The topological polar surface area (TPSA) is 58.6 Å². The average molecular weight is 505 g/mol. The molecule has 0 heterocycles. The van der Waals surface area contributed by atoms with E-state index in [1.54, 1.807) is 48.2 Å². The quantitative estimate of drug-likeness (QED) is 0.259. The molecule has 0 aliphatic rings. The molecule has 35 heavy (non-hydrogen) atoms. The maximum Gasteiger partial charge on any atom is 0.229 e. The van der Waals surface area contributed by atoms with Crippen LogP contribution in [0.1, 0.15) is 23.1 Å². The van der Waals surface area contributed by atoms with Crippen LogP contribution in [0.2, 0.25) is 0 Å². The molecule has 3 aromatic rings. The zero-order valence-corrected chi connectivity index (χ0v) is 20.3. The molecule has 9 heteroatoms. The number of halogens is 3. The van der Waals surface area contributed by atoms with E-state index in [0.717, 1.165) is 18.4 Å². The Bertz CT molecular complexity index is 1310. The van der Waals surface area contributed by atoms with E-state index in [1.807, 2.05) is 0 Å². The monoisotopic (exact) mass is 504 g/mol. The Morgan fingerprint density at radius 2 is 1.66 bits per heavy atom. The molecular weight excluding hydrogens is 477 g/mol. The van der Waals surface area contributed by atoms with Gasteiger partial charge < -0.3 is 9.64 Å². The van der Waals surface area contributed by atoms with Gasteiger partial charge in [0.1, 0.15) is 23.2 Å². The summed E-state index contributed by atoms with van der Waals surface area (Å²) in [6.07, 6.45) is 3.36. The van der Waals surface area contributed by atoms with E-state index in [9.17, 15) is 21.6 Å². The molecule has 3 aromatic carbocycles. The number of nitrogens with zero attached hydrogens (tertiary/aromatic N) is 1. The van der Waals surface area contributed by atoms with Crippen LogP contribution >= 0.6 is 0 Å². The van der Waals surface area contributed by atoms with Crippen molar-refractivity contribution in [1.29, 1.82) is 0 Å². The molecule has 0 bridgehead atoms. The van der Waals surface area contributed by atoms with Gasteiger partial charge in [-0.3, -0.25) is 4.72 Å². The number of ether oxygens (including phenoxy) is 1. The van der Waals surface area contributed by atoms with Gasteiger partial charge in [0, 0.05) is 42.0 Å². The van der Waals surface area contributed by atoms with Gasteiger partial charge in [0.05, 0.1) is 18.6 Å². The standard InChI is InChI=1S/C26H27F3N2O3S/c1-4-5-13-34-22-12-10-20(24(29)15-22)17-31(16-19-9-11-21(27)14-23(19)28)26-8-6-7-25(18(26)2)30-35(3,32)33/h4,6-12,14-15,30H,1,5,13,16-17H2,2-3H3. The van der Waals surface area contributed by atoms with E-state index in [-0.39, 0.29) is 18.7 Å². The van der Waals surface area contributed by atoms with Crippen LogP contribution in [0.5, 0.6) is 5.75 Å². The first kappa shape index (κ1) is 26.2. The highest BCUT2D eigenvalue weighted by atomic mass is 32.2. The van der Waals surface area contributed by atoms with Gasteiger partial charge >= 0.3 is 0 Å². The minimum atomic E-state index is -3.54. The lowest BCUT2D eigenvalue weighted by molar-refractivity contribution is 0.323. The lowest BCUT2D eigenvalue weighted by Crippen LogP contribution is -2.25. The molecule has 3 rings (SSSR count). The summed E-state index contributed by atoms with van der Waals surface area (Å²) in [5, 5.41) is 0. The average Bonchev–Trinajstić information content (AvgIpc) is 2.77. The maximum atomic E-state index is 15.0. The van der Waals surface area contributed by atoms with Gasteiger partial charge in [-0.2, -0.15) is 0 Å². The van der Waals surface area contributed by atoms with Gasteiger partial charge in [0.2, 0.25) is 10.0 Å². The number of anilines is 2. The van der Waals surface area contributed by atoms with Crippen molar-refractivity contribution in [1.82, 2.24) is 0 Å². The van der Waals surface area contributed by atoms with Crippen LogP contribution in [-0.2, 0) is 23.1 Å². The van der Waals surface area contributed by atoms with Crippen molar-refractivity contribution in [2.45, 2.75) is 26.4 Å². The summed E-state index contributed by atoms with van der Waals surface area (Å²) in [6, 6.07) is 12.8. The van der Waals surface area contributed by atoms with Crippen LogP contribution in [0.15, 0.2) is 67.3 Å². The third-order valence-electron chi connectivity index (χ3n) is 5.29. The Kier molecular flexibility index (Phi) is 8.45. The molecule has 0 aromatic heterocycles. The SMILES string of the molecule is C=CCCOc1ccc(CN(Cc2ccc(F)cc2F)c2cccc(NS(C)(=O)=O)c2C)c(F)c1. The fourth-order valence-electron chi connectivity index (χ4n) is 3.57. The molecule has 0 aliphatic carbocycles. The van der Waals surface area contributed by atoms with Crippen molar-refractivity contribution < 1.29 is 26.3 Å². The molecule has 0 amide bonds. The number of benzene rings is 3. The summed E-state index contributed by atoms with van der Waals surface area (Å²) in [7, 11) is -3.54. The minimum Gasteiger partial charge on any atom is -0.493 e. The molecule has 0 spiro atoms. The minimum absolute atomic E-state index is 0.00763. The summed E-state index contributed by atoms with van der Waals surface area (Å²) in [4.78, 5) is 1.70. The Morgan fingerprint density at radius 1 is 1.00 bits per heavy atom. The molecule has 5 nitrogen and oxygen atoms in total. The van der Waals surface area contributed by atoms with Crippen molar-refractivity contribution in [2.24, 2.45) is 0 Å². The van der Waals surface area contributed by atoms with Crippen molar-refractivity contribution in [3.63, 3.8) is 0 Å². The van der Waals surface area contributed by atoms with Gasteiger partial charge in [-0.05, 0) is 43.2 Å². The van der Waals surface area contributed by atoms with Gasteiger partial charge in [0.15, 0.2) is 0 Å². The van der Waals surface area contributed by atoms with E-state index in [2.05, 4.69) is 11.3 Å². The van der Waals surface area contributed by atoms with Crippen molar-refractivity contribution >= 4 is 21.4 Å². The van der Waals surface area contributed by atoms with Crippen LogP contribution in [0, 0.1) is 24.4 Å². The predicted octanol–water partition coefficient (Wildman–Crippen LogP) is 5.95. The van der Waals surface area contributed by atoms with E-state index in [4.69, 9.17) is 4.74 Å². The highest BCUT2D eigenvalue weighted by Crippen LogP contribution is 2.31. The molecule has 0 saturated heterocycles. The summed E-state index contributed by atoms with van der Waals surface area (Å²) in [5.41, 5.74) is 2.01. The fourth-order valence-corrected chi connectivity index (χ4v) is 4.19. The van der Waals surface area contributed by atoms with Crippen molar-refractivity contribution in [3.05, 3.63) is 101 Å². The lowest BCUT2D eigenvalue weighted by Gasteiger charge is -2.28. The van der Waals surface area contributed by atoms with Crippen LogP contribution < -0.4 is 14.4 Å². The smallest absolute Gasteiger partial charge is 0.229 e. The van der Waals surface area contributed by atoms with Gasteiger partial charge in [-0.15, -0.1) is 6.58 Å². The van der Waals surface area contributed by atoms with Crippen molar-refractivity contribution in [3.8, 4) is 5.75 Å². The van der Waals surface area contributed by atoms with Gasteiger partial charge in [0.25, 0.3) is 0 Å². The van der Waals surface area contributed by atoms with E-state index in [1.165, 1.54) is 12.1 Å². The van der Waals surface area contributed by atoms with Crippen LogP contribution in [-0.4, -0.2) is 21.3 Å². The first-order valence-corrected chi connectivity index (χ1v) is 12.7. The zero-order chi connectivity index (χ0) is 25.6. The number of hydrogen-bond donors (Lipinski definition) is 1.